The lowest BCUT2D eigenvalue weighted by Gasteiger charge is -2.06. The summed E-state index contributed by atoms with van der Waals surface area (Å²) in [5, 5.41) is 0.930. The van der Waals surface area contributed by atoms with Crippen molar-refractivity contribution in [2.75, 3.05) is 13.7 Å². The van der Waals surface area contributed by atoms with E-state index in [4.69, 9.17) is 9.47 Å². The van der Waals surface area contributed by atoms with Gasteiger partial charge in [-0.3, -0.25) is 0 Å². The fourth-order valence-corrected chi connectivity index (χ4v) is 3.71. The van der Waals surface area contributed by atoms with Gasteiger partial charge in [-0.05, 0) is 35.7 Å². The molecule has 4 aromatic rings. The van der Waals surface area contributed by atoms with E-state index in [0.717, 1.165) is 27.3 Å². The Kier molecular flexibility index (Phi) is 4.91. The monoisotopic (exact) mass is 362 g/mol. The highest BCUT2D eigenvalue weighted by atomic mass is 32.1. The largest absolute Gasteiger partial charge is 0.438 e. The van der Waals surface area contributed by atoms with Crippen molar-refractivity contribution in [2.24, 2.45) is 0 Å². The minimum absolute atomic E-state index is 0.582. The first kappa shape index (κ1) is 16.7. The maximum Gasteiger partial charge on any atom is 0.231 e. The summed E-state index contributed by atoms with van der Waals surface area (Å²) in [6, 6.07) is 20.4. The lowest BCUT2D eigenvalue weighted by molar-refractivity contribution is 0.202. The van der Waals surface area contributed by atoms with E-state index in [2.05, 4.69) is 40.3 Å². The normalized spacial score (nSPS) is 11.0. The van der Waals surface area contributed by atoms with Gasteiger partial charge in [-0.1, -0.05) is 42.5 Å². The number of hydrogen-bond donors (Lipinski definition) is 0. The number of ether oxygens (including phenoxy) is 2. The second-order valence-corrected chi connectivity index (χ2v) is 6.89. The summed E-state index contributed by atoms with van der Waals surface area (Å²) in [4.78, 5) is 10.8. The van der Waals surface area contributed by atoms with Gasteiger partial charge in [-0.25, -0.2) is 9.97 Å². The van der Waals surface area contributed by atoms with E-state index in [9.17, 15) is 0 Å². The molecule has 2 aromatic heterocycles. The van der Waals surface area contributed by atoms with Crippen molar-refractivity contribution in [3.8, 4) is 22.1 Å². The Morgan fingerprint density at radius 2 is 1.77 bits per heavy atom. The Morgan fingerprint density at radius 1 is 0.962 bits per heavy atom. The molecule has 130 valence electrons. The Bertz CT molecular complexity index is 998. The summed E-state index contributed by atoms with van der Waals surface area (Å²) >= 11 is 1.64. The highest BCUT2D eigenvalue weighted by molar-refractivity contribution is 7.21. The molecular formula is C21H18N2O2S. The summed E-state index contributed by atoms with van der Waals surface area (Å²) in [7, 11) is 1.71. The number of methoxy groups -OCH3 is 1. The molecule has 5 heteroatoms. The molecule has 0 N–H and O–H groups in total. The summed E-state index contributed by atoms with van der Waals surface area (Å²) in [5.41, 5.74) is 2.39. The Hall–Kier alpha value is -2.76. The molecule has 0 radical (unpaired) electrons. The molecule has 26 heavy (non-hydrogen) atoms. The number of thiophene rings is 1. The Balaban J connectivity index is 1.61. The number of benzene rings is 2. The van der Waals surface area contributed by atoms with Crippen molar-refractivity contribution in [3.05, 3.63) is 72.6 Å². The van der Waals surface area contributed by atoms with Gasteiger partial charge in [0, 0.05) is 12.0 Å². The first-order chi connectivity index (χ1) is 12.8. The number of hydrogen-bond acceptors (Lipinski definition) is 5. The molecule has 2 heterocycles. The van der Waals surface area contributed by atoms with Crippen LogP contribution in [0.3, 0.4) is 0 Å². The molecule has 0 atom stereocenters. The molecule has 2 aromatic carbocycles. The summed E-state index contributed by atoms with van der Waals surface area (Å²) < 4.78 is 11.1. The SMILES string of the molecule is COCCc1ccc(Oc2ncnc3sc(-c4ccccc4)cc23)cc1. The molecule has 0 fully saturated rings. The zero-order valence-electron chi connectivity index (χ0n) is 14.4. The van der Waals surface area contributed by atoms with E-state index in [1.807, 2.05) is 30.3 Å². The van der Waals surface area contributed by atoms with Crippen molar-refractivity contribution < 1.29 is 9.47 Å². The summed E-state index contributed by atoms with van der Waals surface area (Å²) in [6.07, 6.45) is 2.44. The molecule has 0 spiro atoms. The van der Waals surface area contributed by atoms with Gasteiger partial charge in [-0.15, -0.1) is 11.3 Å². The van der Waals surface area contributed by atoms with E-state index in [0.29, 0.717) is 12.5 Å². The quantitative estimate of drug-likeness (QED) is 0.464. The van der Waals surface area contributed by atoms with E-state index in [1.54, 1.807) is 24.8 Å². The van der Waals surface area contributed by atoms with Crippen LogP contribution in [-0.4, -0.2) is 23.7 Å². The lowest BCUT2D eigenvalue weighted by Crippen LogP contribution is -1.94. The standard InChI is InChI=1S/C21H18N2O2S/c1-24-12-11-15-7-9-17(10-8-15)25-20-18-13-19(16-5-3-2-4-6-16)26-21(18)23-14-22-20/h2-10,13-14H,11-12H2,1H3. The van der Waals surface area contributed by atoms with Crippen LogP contribution in [-0.2, 0) is 11.2 Å². The van der Waals surface area contributed by atoms with Crippen LogP contribution in [0.4, 0.5) is 0 Å². The molecule has 0 saturated carbocycles. The second-order valence-electron chi connectivity index (χ2n) is 5.86. The van der Waals surface area contributed by atoms with E-state index in [1.165, 1.54) is 11.1 Å². The van der Waals surface area contributed by atoms with Crippen LogP contribution in [0, 0.1) is 0 Å². The molecule has 0 aliphatic carbocycles. The number of fused-ring (bicyclic) bond motifs is 1. The predicted molar refractivity (Wildman–Crippen MR) is 105 cm³/mol. The third kappa shape index (κ3) is 3.59. The van der Waals surface area contributed by atoms with Crippen LogP contribution in [0.15, 0.2) is 67.0 Å². The van der Waals surface area contributed by atoms with Gasteiger partial charge in [0.25, 0.3) is 0 Å². The van der Waals surface area contributed by atoms with Crippen LogP contribution in [0.5, 0.6) is 11.6 Å². The molecule has 0 bridgehead atoms. The molecule has 4 rings (SSSR count). The van der Waals surface area contributed by atoms with Gasteiger partial charge in [0.15, 0.2) is 0 Å². The fraction of sp³-hybridized carbons (Fsp3) is 0.143. The van der Waals surface area contributed by atoms with Crippen LogP contribution < -0.4 is 4.74 Å². The van der Waals surface area contributed by atoms with Crippen molar-refractivity contribution in [2.45, 2.75) is 6.42 Å². The summed E-state index contributed by atoms with van der Waals surface area (Å²) in [6.45, 7) is 0.712. The van der Waals surface area contributed by atoms with Gasteiger partial charge >= 0.3 is 0 Å². The third-order valence-corrected chi connectivity index (χ3v) is 5.18. The number of rotatable bonds is 6. The smallest absolute Gasteiger partial charge is 0.231 e. The molecule has 0 aliphatic rings. The van der Waals surface area contributed by atoms with Gasteiger partial charge in [-0.2, -0.15) is 0 Å². The Morgan fingerprint density at radius 3 is 2.54 bits per heavy atom. The Labute approximate surface area is 156 Å². The van der Waals surface area contributed by atoms with E-state index in [-0.39, 0.29) is 0 Å². The fourth-order valence-electron chi connectivity index (χ4n) is 2.72. The summed E-state index contributed by atoms with van der Waals surface area (Å²) in [5.74, 6) is 1.34. The molecule has 0 aliphatic heterocycles. The minimum atomic E-state index is 0.582. The molecule has 0 amide bonds. The van der Waals surface area contributed by atoms with Crippen molar-refractivity contribution >= 4 is 21.6 Å². The zero-order chi connectivity index (χ0) is 17.8. The first-order valence-electron chi connectivity index (χ1n) is 8.39. The van der Waals surface area contributed by atoms with Crippen molar-refractivity contribution in [1.82, 2.24) is 9.97 Å². The maximum absolute atomic E-state index is 6.02. The van der Waals surface area contributed by atoms with Crippen LogP contribution in [0.25, 0.3) is 20.7 Å². The van der Waals surface area contributed by atoms with E-state index >= 15 is 0 Å². The average Bonchev–Trinajstić information content (AvgIpc) is 3.14. The molecule has 0 saturated heterocycles. The van der Waals surface area contributed by atoms with Gasteiger partial charge in [0.2, 0.25) is 5.88 Å². The number of aromatic nitrogens is 2. The number of nitrogens with zero attached hydrogens (tertiary/aromatic N) is 2. The van der Waals surface area contributed by atoms with Gasteiger partial charge < -0.3 is 9.47 Å². The van der Waals surface area contributed by atoms with Gasteiger partial charge in [0.05, 0.1) is 12.0 Å². The third-order valence-electron chi connectivity index (χ3n) is 4.08. The lowest BCUT2D eigenvalue weighted by atomic mass is 10.1. The topological polar surface area (TPSA) is 44.2 Å². The molecular weight excluding hydrogens is 344 g/mol. The highest BCUT2D eigenvalue weighted by Gasteiger charge is 2.11. The highest BCUT2D eigenvalue weighted by Crippen LogP contribution is 2.37. The first-order valence-corrected chi connectivity index (χ1v) is 9.21. The minimum Gasteiger partial charge on any atom is -0.438 e. The van der Waals surface area contributed by atoms with Crippen LogP contribution in [0.2, 0.25) is 0 Å². The van der Waals surface area contributed by atoms with Crippen LogP contribution >= 0.6 is 11.3 Å². The van der Waals surface area contributed by atoms with Gasteiger partial charge in [0.1, 0.15) is 16.9 Å². The maximum atomic E-state index is 6.02. The predicted octanol–water partition coefficient (Wildman–Crippen LogP) is 5.34. The second kappa shape index (κ2) is 7.64. The van der Waals surface area contributed by atoms with E-state index < -0.39 is 0 Å². The zero-order valence-corrected chi connectivity index (χ0v) is 15.2. The molecule has 0 unspecified atom stereocenters. The molecule has 4 nitrogen and oxygen atoms in total. The van der Waals surface area contributed by atoms with Crippen molar-refractivity contribution in [3.63, 3.8) is 0 Å². The van der Waals surface area contributed by atoms with Crippen LogP contribution in [0.1, 0.15) is 5.56 Å². The van der Waals surface area contributed by atoms with Crippen molar-refractivity contribution in [1.29, 1.82) is 0 Å². The average molecular weight is 362 g/mol.